The molecular weight excluding hydrogens is 192 g/mol. The number of aryl methyl sites for hydroxylation is 1. The first kappa shape index (κ1) is 10.2. The highest BCUT2D eigenvalue weighted by atomic mass is 16.2. The standard InChI is InChI=1S/C10H16N4O/c1-3-14(8-6-11-7-8)10(15)9-12-4-5-13(9)2/h4-5,8,11H,3,6-7H2,1-2H3. The summed E-state index contributed by atoms with van der Waals surface area (Å²) >= 11 is 0. The van der Waals surface area contributed by atoms with E-state index in [2.05, 4.69) is 10.3 Å². The molecule has 0 atom stereocenters. The van der Waals surface area contributed by atoms with Gasteiger partial charge in [-0.15, -0.1) is 0 Å². The van der Waals surface area contributed by atoms with Crippen LogP contribution >= 0.6 is 0 Å². The number of imidazole rings is 1. The van der Waals surface area contributed by atoms with E-state index in [1.54, 1.807) is 17.0 Å². The van der Waals surface area contributed by atoms with Crippen LogP contribution in [0, 0.1) is 0 Å². The summed E-state index contributed by atoms with van der Waals surface area (Å²) in [6.45, 7) is 4.52. The maximum absolute atomic E-state index is 12.1. The molecule has 2 rings (SSSR count). The van der Waals surface area contributed by atoms with Gasteiger partial charge < -0.3 is 14.8 Å². The van der Waals surface area contributed by atoms with Crippen LogP contribution in [0.25, 0.3) is 0 Å². The van der Waals surface area contributed by atoms with Gasteiger partial charge in [-0.3, -0.25) is 4.79 Å². The second kappa shape index (κ2) is 4.02. The van der Waals surface area contributed by atoms with E-state index in [0.717, 1.165) is 19.6 Å². The number of likely N-dealkylation sites (N-methyl/N-ethyl adjacent to an activating group) is 1. The van der Waals surface area contributed by atoms with Crippen LogP contribution in [0.3, 0.4) is 0 Å². The summed E-state index contributed by atoms with van der Waals surface area (Å²) in [7, 11) is 1.84. The quantitative estimate of drug-likeness (QED) is 0.752. The zero-order valence-corrected chi connectivity index (χ0v) is 9.10. The van der Waals surface area contributed by atoms with Gasteiger partial charge in [-0.1, -0.05) is 0 Å². The van der Waals surface area contributed by atoms with Crippen LogP contribution in [-0.2, 0) is 7.05 Å². The Morgan fingerprint density at radius 3 is 2.87 bits per heavy atom. The van der Waals surface area contributed by atoms with Crippen molar-refractivity contribution in [1.82, 2.24) is 19.8 Å². The summed E-state index contributed by atoms with van der Waals surface area (Å²) in [4.78, 5) is 18.1. The van der Waals surface area contributed by atoms with E-state index in [4.69, 9.17) is 0 Å². The lowest BCUT2D eigenvalue weighted by Crippen LogP contribution is -2.59. The average Bonchev–Trinajstić information content (AvgIpc) is 2.56. The second-order valence-electron chi connectivity index (χ2n) is 3.76. The summed E-state index contributed by atoms with van der Waals surface area (Å²) in [5.74, 6) is 0.542. The lowest BCUT2D eigenvalue weighted by atomic mass is 10.1. The predicted molar refractivity (Wildman–Crippen MR) is 56.6 cm³/mol. The molecule has 1 saturated heterocycles. The molecule has 15 heavy (non-hydrogen) atoms. The molecule has 1 aromatic heterocycles. The first-order chi connectivity index (χ1) is 7.24. The molecule has 0 saturated carbocycles. The molecule has 5 nitrogen and oxygen atoms in total. The minimum atomic E-state index is 0.0245. The highest BCUT2D eigenvalue weighted by molar-refractivity contribution is 5.91. The molecule has 2 heterocycles. The van der Waals surface area contributed by atoms with Crippen molar-refractivity contribution in [3.63, 3.8) is 0 Å². The highest BCUT2D eigenvalue weighted by Crippen LogP contribution is 2.09. The Bertz CT molecular complexity index is 356. The van der Waals surface area contributed by atoms with Crippen molar-refractivity contribution >= 4 is 5.91 Å². The van der Waals surface area contributed by atoms with Gasteiger partial charge in [0.2, 0.25) is 0 Å². The zero-order chi connectivity index (χ0) is 10.8. The van der Waals surface area contributed by atoms with E-state index in [-0.39, 0.29) is 5.91 Å². The first-order valence-corrected chi connectivity index (χ1v) is 5.23. The molecule has 5 heteroatoms. The van der Waals surface area contributed by atoms with Crippen LogP contribution in [0.15, 0.2) is 12.4 Å². The molecular formula is C10H16N4O. The molecule has 0 unspecified atom stereocenters. The lowest BCUT2D eigenvalue weighted by molar-refractivity contribution is 0.0614. The van der Waals surface area contributed by atoms with Crippen LogP contribution in [-0.4, -0.2) is 46.0 Å². The summed E-state index contributed by atoms with van der Waals surface area (Å²) in [6.07, 6.45) is 3.44. The van der Waals surface area contributed by atoms with Crippen molar-refractivity contribution in [2.75, 3.05) is 19.6 Å². The van der Waals surface area contributed by atoms with E-state index in [9.17, 15) is 4.79 Å². The van der Waals surface area contributed by atoms with Crippen molar-refractivity contribution in [1.29, 1.82) is 0 Å². The molecule has 0 radical (unpaired) electrons. The number of rotatable bonds is 3. The van der Waals surface area contributed by atoms with Gasteiger partial charge in [0.1, 0.15) is 0 Å². The molecule has 1 aromatic rings. The van der Waals surface area contributed by atoms with Gasteiger partial charge in [0.05, 0.1) is 6.04 Å². The molecule has 1 aliphatic rings. The van der Waals surface area contributed by atoms with Gasteiger partial charge >= 0.3 is 0 Å². The van der Waals surface area contributed by atoms with Crippen molar-refractivity contribution in [3.8, 4) is 0 Å². The Morgan fingerprint density at radius 1 is 1.73 bits per heavy atom. The topological polar surface area (TPSA) is 50.2 Å². The molecule has 1 amide bonds. The van der Waals surface area contributed by atoms with Crippen molar-refractivity contribution in [3.05, 3.63) is 18.2 Å². The fourth-order valence-electron chi connectivity index (χ4n) is 1.76. The molecule has 1 N–H and O–H groups in total. The van der Waals surface area contributed by atoms with E-state index in [1.807, 2.05) is 18.9 Å². The molecule has 0 bridgehead atoms. The maximum Gasteiger partial charge on any atom is 0.290 e. The Morgan fingerprint density at radius 2 is 2.47 bits per heavy atom. The van der Waals surface area contributed by atoms with Crippen LogP contribution < -0.4 is 5.32 Å². The Labute approximate surface area is 89.1 Å². The average molecular weight is 208 g/mol. The minimum Gasteiger partial charge on any atom is -0.331 e. The third-order valence-electron chi connectivity index (χ3n) is 2.81. The Hall–Kier alpha value is -1.36. The third kappa shape index (κ3) is 1.74. The summed E-state index contributed by atoms with van der Waals surface area (Å²) in [5.41, 5.74) is 0. The van der Waals surface area contributed by atoms with Gasteiger partial charge in [0, 0.05) is 39.1 Å². The molecule has 82 valence electrons. The zero-order valence-electron chi connectivity index (χ0n) is 9.10. The fraction of sp³-hybridized carbons (Fsp3) is 0.600. The lowest BCUT2D eigenvalue weighted by Gasteiger charge is -2.37. The maximum atomic E-state index is 12.1. The number of nitrogens with zero attached hydrogens (tertiary/aromatic N) is 3. The van der Waals surface area contributed by atoms with Gasteiger partial charge in [0.25, 0.3) is 5.91 Å². The van der Waals surface area contributed by atoms with Crippen molar-refractivity contribution in [2.24, 2.45) is 7.05 Å². The number of hydrogen-bond acceptors (Lipinski definition) is 3. The molecule has 1 fully saturated rings. The van der Waals surface area contributed by atoms with Gasteiger partial charge in [-0.05, 0) is 6.92 Å². The molecule has 0 spiro atoms. The van der Waals surface area contributed by atoms with Crippen LogP contribution in [0.1, 0.15) is 17.5 Å². The number of nitrogens with one attached hydrogen (secondary N) is 1. The predicted octanol–water partition coefficient (Wildman–Crippen LogP) is -0.146. The Kier molecular flexibility index (Phi) is 2.73. The van der Waals surface area contributed by atoms with Crippen LogP contribution in [0.5, 0.6) is 0 Å². The van der Waals surface area contributed by atoms with Gasteiger partial charge in [-0.25, -0.2) is 4.98 Å². The Balaban J connectivity index is 2.14. The van der Waals surface area contributed by atoms with Crippen molar-refractivity contribution < 1.29 is 4.79 Å². The SMILES string of the molecule is CCN(C(=O)c1nccn1C)C1CNC1. The summed E-state index contributed by atoms with van der Waals surface area (Å²) in [5, 5.41) is 3.17. The third-order valence-corrected chi connectivity index (χ3v) is 2.81. The van der Waals surface area contributed by atoms with E-state index >= 15 is 0 Å². The molecule has 0 aliphatic carbocycles. The largest absolute Gasteiger partial charge is 0.331 e. The number of amides is 1. The van der Waals surface area contributed by atoms with Gasteiger partial charge in [-0.2, -0.15) is 0 Å². The van der Waals surface area contributed by atoms with Crippen LogP contribution in [0.2, 0.25) is 0 Å². The fourth-order valence-corrected chi connectivity index (χ4v) is 1.76. The summed E-state index contributed by atoms with van der Waals surface area (Å²) in [6, 6.07) is 0.333. The monoisotopic (exact) mass is 208 g/mol. The number of hydrogen-bond donors (Lipinski definition) is 1. The minimum absolute atomic E-state index is 0.0245. The molecule has 1 aliphatic heterocycles. The van der Waals surface area contributed by atoms with Crippen LogP contribution in [0.4, 0.5) is 0 Å². The van der Waals surface area contributed by atoms with E-state index < -0.39 is 0 Å². The first-order valence-electron chi connectivity index (χ1n) is 5.23. The highest BCUT2D eigenvalue weighted by Gasteiger charge is 2.29. The normalized spacial score (nSPS) is 16.1. The smallest absolute Gasteiger partial charge is 0.290 e. The number of carbonyl (C=O) groups is 1. The number of carbonyl (C=O) groups excluding carboxylic acids is 1. The van der Waals surface area contributed by atoms with E-state index in [1.165, 1.54) is 0 Å². The molecule has 0 aromatic carbocycles. The van der Waals surface area contributed by atoms with E-state index in [0.29, 0.717) is 11.9 Å². The van der Waals surface area contributed by atoms with Gasteiger partial charge in [0.15, 0.2) is 5.82 Å². The van der Waals surface area contributed by atoms with Crippen molar-refractivity contribution in [2.45, 2.75) is 13.0 Å². The number of aromatic nitrogens is 2. The summed E-state index contributed by atoms with van der Waals surface area (Å²) < 4.78 is 1.76. The second-order valence-corrected chi connectivity index (χ2v) is 3.76.